The molecular formula is C45H40N2. The Hall–Kier alpha value is -5.08. The summed E-state index contributed by atoms with van der Waals surface area (Å²) in [6, 6.07) is 43.2. The molecular weight excluding hydrogens is 569 g/mol. The van der Waals surface area contributed by atoms with Gasteiger partial charge in [0.05, 0.1) is 17.1 Å². The zero-order chi connectivity index (χ0) is 32.1. The Kier molecular flexibility index (Phi) is 5.97. The van der Waals surface area contributed by atoms with Crippen LogP contribution in [0.5, 0.6) is 0 Å². The van der Waals surface area contributed by atoms with Crippen molar-refractivity contribution in [2.45, 2.75) is 58.3 Å². The van der Waals surface area contributed by atoms with E-state index >= 15 is 0 Å². The zero-order valence-electron chi connectivity index (χ0n) is 27.9. The highest BCUT2D eigenvalue weighted by Crippen LogP contribution is 2.59. The third-order valence-electron chi connectivity index (χ3n) is 11.1. The maximum atomic E-state index is 2.59. The van der Waals surface area contributed by atoms with Crippen LogP contribution in [-0.4, -0.2) is 0 Å². The lowest BCUT2D eigenvalue weighted by atomic mass is 9.65. The van der Waals surface area contributed by atoms with Crippen LogP contribution in [0.2, 0.25) is 0 Å². The summed E-state index contributed by atoms with van der Waals surface area (Å²) in [5, 5.41) is 5.06. The van der Waals surface area contributed by atoms with Gasteiger partial charge in [0.25, 0.3) is 0 Å². The highest BCUT2D eigenvalue weighted by molar-refractivity contribution is 6.14. The van der Waals surface area contributed by atoms with E-state index in [1.54, 1.807) is 5.57 Å². The maximum Gasteiger partial charge on any atom is 0.0546 e. The third kappa shape index (κ3) is 3.97. The Morgan fingerprint density at radius 1 is 0.617 bits per heavy atom. The van der Waals surface area contributed by atoms with E-state index in [-0.39, 0.29) is 10.8 Å². The summed E-state index contributed by atoms with van der Waals surface area (Å²) >= 11 is 0. The Morgan fingerprint density at radius 3 is 2.13 bits per heavy atom. The summed E-state index contributed by atoms with van der Waals surface area (Å²) in [6.45, 7) is 11.9. The quantitative estimate of drug-likeness (QED) is 0.184. The van der Waals surface area contributed by atoms with Crippen LogP contribution >= 0.6 is 0 Å². The van der Waals surface area contributed by atoms with E-state index < -0.39 is 0 Å². The van der Waals surface area contributed by atoms with Crippen molar-refractivity contribution in [2.75, 3.05) is 9.80 Å². The average Bonchev–Trinajstić information content (AvgIpc) is 3.08. The highest BCUT2D eigenvalue weighted by Gasteiger charge is 2.46. The fraction of sp³-hybridized carbons (Fsp3) is 0.200. The number of benzene rings is 6. The molecule has 0 spiro atoms. The topological polar surface area (TPSA) is 6.48 Å². The molecule has 0 fully saturated rings. The van der Waals surface area contributed by atoms with E-state index in [9.17, 15) is 0 Å². The molecule has 0 unspecified atom stereocenters. The van der Waals surface area contributed by atoms with Crippen molar-refractivity contribution in [1.29, 1.82) is 0 Å². The molecule has 0 amide bonds. The van der Waals surface area contributed by atoms with Crippen LogP contribution in [0.25, 0.3) is 21.5 Å². The maximum absolute atomic E-state index is 2.59. The lowest BCUT2D eigenvalue weighted by Crippen LogP contribution is -2.40. The van der Waals surface area contributed by atoms with Crippen LogP contribution in [0, 0.1) is 6.92 Å². The van der Waals surface area contributed by atoms with E-state index in [2.05, 4.69) is 172 Å². The minimum atomic E-state index is -0.191. The lowest BCUT2D eigenvalue weighted by molar-refractivity contribution is 0.555. The molecule has 2 heteroatoms. The number of para-hydroxylation sites is 1. The first-order valence-corrected chi connectivity index (χ1v) is 17.0. The fourth-order valence-corrected chi connectivity index (χ4v) is 8.74. The normalized spacial score (nSPS) is 17.0. The van der Waals surface area contributed by atoms with Gasteiger partial charge in [-0.15, -0.1) is 0 Å². The van der Waals surface area contributed by atoms with Crippen LogP contribution < -0.4 is 9.80 Å². The van der Waals surface area contributed by atoms with Crippen molar-refractivity contribution in [3.05, 3.63) is 161 Å². The number of anilines is 5. The monoisotopic (exact) mass is 608 g/mol. The molecule has 230 valence electrons. The molecule has 3 aliphatic rings. The standard InChI is InChI=1S/C45H40N2/c1-29-14-12-16-31(26-29)46(42-27-30-15-6-7-17-33(30)34-18-8-9-19-35(34)42)32-24-25-41-39(28-32)45(4,5)38-22-13-21-37-43(38)47(41)40-23-11-10-20-36(40)44(37,2)3/h6-9,11-19,21-28H,10,20H2,1-5H3. The number of hydrogen-bond acceptors (Lipinski definition) is 2. The molecule has 2 aliphatic heterocycles. The second-order valence-electron chi connectivity index (χ2n) is 14.6. The van der Waals surface area contributed by atoms with Gasteiger partial charge in [-0.2, -0.15) is 0 Å². The van der Waals surface area contributed by atoms with Crippen LogP contribution in [0.15, 0.2) is 139 Å². The Bertz CT molecular complexity index is 2330. The summed E-state index contributed by atoms with van der Waals surface area (Å²) in [6.07, 6.45) is 6.96. The molecule has 0 aromatic heterocycles. The van der Waals surface area contributed by atoms with Crippen molar-refractivity contribution in [3.8, 4) is 0 Å². The molecule has 6 aromatic rings. The van der Waals surface area contributed by atoms with Gasteiger partial charge in [0.15, 0.2) is 0 Å². The van der Waals surface area contributed by atoms with Crippen LogP contribution in [-0.2, 0) is 10.8 Å². The smallest absolute Gasteiger partial charge is 0.0546 e. The summed E-state index contributed by atoms with van der Waals surface area (Å²) < 4.78 is 0. The van der Waals surface area contributed by atoms with Gasteiger partial charge in [-0.1, -0.05) is 113 Å². The van der Waals surface area contributed by atoms with Crippen LogP contribution in [0.4, 0.5) is 28.4 Å². The SMILES string of the molecule is Cc1cccc(N(c2ccc3c(c2)C(C)(C)c2cccc4c2N3C2=C(CCC=C2)C4(C)C)c2cc3ccccc3c3ccccc23)c1. The average molecular weight is 609 g/mol. The van der Waals surface area contributed by atoms with E-state index in [4.69, 9.17) is 0 Å². The van der Waals surface area contributed by atoms with Gasteiger partial charge in [-0.25, -0.2) is 0 Å². The minimum Gasteiger partial charge on any atom is -0.310 e. The van der Waals surface area contributed by atoms with Crippen molar-refractivity contribution in [3.63, 3.8) is 0 Å². The van der Waals surface area contributed by atoms with Gasteiger partial charge in [0, 0.05) is 33.3 Å². The first kappa shape index (κ1) is 28.2. The molecule has 0 saturated carbocycles. The first-order chi connectivity index (χ1) is 22.7. The molecule has 1 aliphatic carbocycles. The summed E-state index contributed by atoms with van der Waals surface area (Å²) in [4.78, 5) is 5.07. The number of rotatable bonds is 3. The number of nitrogens with zero attached hydrogens (tertiary/aromatic N) is 2. The molecule has 0 atom stereocenters. The molecule has 0 saturated heterocycles. The number of allylic oxidation sites excluding steroid dienone is 3. The number of fused-ring (bicyclic) bond motifs is 6. The Morgan fingerprint density at radius 2 is 1.32 bits per heavy atom. The van der Waals surface area contributed by atoms with E-state index in [1.807, 2.05) is 0 Å². The van der Waals surface area contributed by atoms with Gasteiger partial charge in [-0.3, -0.25) is 0 Å². The van der Waals surface area contributed by atoms with E-state index in [0.29, 0.717) is 0 Å². The molecule has 2 heterocycles. The summed E-state index contributed by atoms with van der Waals surface area (Å²) in [5.74, 6) is 0. The van der Waals surface area contributed by atoms with E-state index in [0.717, 1.165) is 12.8 Å². The second kappa shape index (κ2) is 9.96. The Balaban J connectivity index is 1.32. The van der Waals surface area contributed by atoms with Gasteiger partial charge in [0.2, 0.25) is 0 Å². The van der Waals surface area contributed by atoms with Crippen molar-refractivity contribution < 1.29 is 0 Å². The largest absolute Gasteiger partial charge is 0.310 e. The highest BCUT2D eigenvalue weighted by atomic mass is 15.2. The van der Waals surface area contributed by atoms with Gasteiger partial charge >= 0.3 is 0 Å². The first-order valence-electron chi connectivity index (χ1n) is 17.0. The summed E-state index contributed by atoms with van der Waals surface area (Å²) in [5.41, 5.74) is 14.4. The summed E-state index contributed by atoms with van der Waals surface area (Å²) in [7, 11) is 0. The number of aryl methyl sites for hydroxylation is 1. The molecule has 0 bridgehead atoms. The second-order valence-corrected chi connectivity index (χ2v) is 14.6. The van der Waals surface area contributed by atoms with Gasteiger partial charge in [-0.05, 0) is 106 Å². The third-order valence-corrected chi connectivity index (χ3v) is 11.1. The zero-order valence-corrected chi connectivity index (χ0v) is 27.9. The predicted octanol–water partition coefficient (Wildman–Crippen LogP) is 12.4. The van der Waals surface area contributed by atoms with Crippen molar-refractivity contribution in [1.82, 2.24) is 0 Å². The Labute approximate surface area is 278 Å². The van der Waals surface area contributed by atoms with Crippen LogP contribution in [0.1, 0.15) is 62.8 Å². The number of hydrogen-bond donors (Lipinski definition) is 0. The molecule has 2 nitrogen and oxygen atoms in total. The van der Waals surface area contributed by atoms with Crippen molar-refractivity contribution in [2.24, 2.45) is 0 Å². The molecule has 9 rings (SSSR count). The molecule has 6 aromatic carbocycles. The van der Waals surface area contributed by atoms with E-state index in [1.165, 1.54) is 77.9 Å². The van der Waals surface area contributed by atoms with Crippen molar-refractivity contribution >= 4 is 50.0 Å². The van der Waals surface area contributed by atoms with Gasteiger partial charge in [0.1, 0.15) is 0 Å². The lowest BCUT2D eigenvalue weighted by Gasteiger charge is -2.50. The molecule has 0 radical (unpaired) electrons. The fourth-order valence-electron chi connectivity index (χ4n) is 8.74. The molecule has 47 heavy (non-hydrogen) atoms. The minimum absolute atomic E-state index is 0.00539. The molecule has 0 N–H and O–H groups in total. The predicted molar refractivity (Wildman–Crippen MR) is 200 cm³/mol. The van der Waals surface area contributed by atoms with Gasteiger partial charge < -0.3 is 9.80 Å². The van der Waals surface area contributed by atoms with Crippen LogP contribution in [0.3, 0.4) is 0 Å².